The number of rotatable bonds is 6. The van der Waals surface area contributed by atoms with Gasteiger partial charge in [0, 0.05) is 18.2 Å². The Balaban J connectivity index is 1.75. The Bertz CT molecular complexity index is 726. The highest BCUT2D eigenvalue weighted by Gasteiger charge is 2.45. The summed E-state index contributed by atoms with van der Waals surface area (Å²) < 4.78 is 10.5. The third-order valence-corrected chi connectivity index (χ3v) is 5.88. The van der Waals surface area contributed by atoms with Crippen LogP contribution >= 0.6 is 11.6 Å². The molecule has 1 saturated carbocycles. The lowest BCUT2D eigenvalue weighted by Crippen LogP contribution is -2.46. The first-order valence-corrected chi connectivity index (χ1v) is 9.52. The summed E-state index contributed by atoms with van der Waals surface area (Å²) in [5, 5.41) is 12.8. The number of ether oxygens (including phenoxy) is 2. The number of aliphatic carboxylic acids is 1. The van der Waals surface area contributed by atoms with Crippen LogP contribution in [0.15, 0.2) is 12.1 Å². The van der Waals surface area contributed by atoms with Gasteiger partial charge in [-0.2, -0.15) is 0 Å². The minimum atomic E-state index is -0.858. The zero-order valence-corrected chi connectivity index (χ0v) is 16.3. The number of fused-ring (bicyclic) bond motifs is 1. The Morgan fingerprint density at radius 2 is 1.93 bits per heavy atom. The minimum Gasteiger partial charge on any atom is -0.495 e. The quantitative estimate of drug-likeness (QED) is 0.768. The molecule has 1 amide bonds. The van der Waals surface area contributed by atoms with Gasteiger partial charge in [0.2, 0.25) is 5.91 Å². The smallest absolute Gasteiger partial charge is 0.320 e. The molecule has 3 atom stereocenters. The van der Waals surface area contributed by atoms with Gasteiger partial charge < -0.3 is 19.9 Å². The summed E-state index contributed by atoms with van der Waals surface area (Å²) in [6.07, 6.45) is 4.81. The number of carboxylic acids is 1. The molecule has 2 aliphatic rings. The molecule has 1 aromatic rings. The molecule has 0 bridgehead atoms. The molecule has 1 heterocycles. The average Bonchev–Trinajstić information content (AvgIpc) is 3.01. The molecule has 0 aromatic heterocycles. The summed E-state index contributed by atoms with van der Waals surface area (Å²) in [7, 11) is 2.98. The van der Waals surface area contributed by atoms with E-state index in [1.165, 1.54) is 14.2 Å². The molecule has 2 N–H and O–H groups in total. The summed E-state index contributed by atoms with van der Waals surface area (Å²) >= 11 is 6.09. The number of hydrogen-bond donors (Lipinski definition) is 2. The lowest BCUT2D eigenvalue weighted by Gasteiger charge is -2.32. The maximum absolute atomic E-state index is 12.7. The SMILES string of the molecule is COc1cc(NC(=O)CN2C(C(=O)O)CC3CCCCC32)c(OC)cc1Cl. The van der Waals surface area contributed by atoms with E-state index in [-0.39, 0.29) is 18.5 Å². The lowest BCUT2D eigenvalue weighted by molar-refractivity contribution is -0.143. The first kappa shape index (κ1) is 19.8. The van der Waals surface area contributed by atoms with Gasteiger partial charge in [0.1, 0.15) is 17.5 Å². The number of carbonyl (C=O) groups is 2. The average molecular weight is 397 g/mol. The molecule has 8 heteroatoms. The molecular weight excluding hydrogens is 372 g/mol. The largest absolute Gasteiger partial charge is 0.495 e. The second-order valence-electron chi connectivity index (χ2n) is 7.11. The number of benzene rings is 1. The van der Waals surface area contributed by atoms with Crippen LogP contribution in [0.5, 0.6) is 11.5 Å². The maximum Gasteiger partial charge on any atom is 0.320 e. The molecule has 3 rings (SSSR count). The van der Waals surface area contributed by atoms with E-state index in [1.54, 1.807) is 12.1 Å². The van der Waals surface area contributed by atoms with Gasteiger partial charge in [-0.15, -0.1) is 0 Å². The van der Waals surface area contributed by atoms with Crippen LogP contribution in [0.1, 0.15) is 32.1 Å². The summed E-state index contributed by atoms with van der Waals surface area (Å²) in [6.45, 7) is 0.0340. The highest BCUT2D eigenvalue weighted by Crippen LogP contribution is 2.40. The van der Waals surface area contributed by atoms with Gasteiger partial charge in [0.25, 0.3) is 0 Å². The normalized spacial score (nSPS) is 24.9. The van der Waals surface area contributed by atoms with Crippen molar-refractivity contribution >= 4 is 29.2 Å². The third-order valence-electron chi connectivity index (χ3n) is 5.58. The van der Waals surface area contributed by atoms with E-state index in [9.17, 15) is 14.7 Å². The van der Waals surface area contributed by atoms with Crippen molar-refractivity contribution in [2.75, 3.05) is 26.1 Å². The number of hydrogen-bond acceptors (Lipinski definition) is 5. The number of nitrogens with one attached hydrogen (secondary N) is 1. The Kier molecular flexibility index (Phi) is 6.11. The van der Waals surface area contributed by atoms with Crippen molar-refractivity contribution in [3.05, 3.63) is 17.2 Å². The zero-order chi connectivity index (χ0) is 19.6. The molecule has 27 heavy (non-hydrogen) atoms. The van der Waals surface area contributed by atoms with Crippen LogP contribution in [0.3, 0.4) is 0 Å². The van der Waals surface area contributed by atoms with Crippen LogP contribution < -0.4 is 14.8 Å². The van der Waals surface area contributed by atoms with Gasteiger partial charge in [-0.25, -0.2) is 0 Å². The first-order valence-electron chi connectivity index (χ1n) is 9.14. The molecular formula is C19H25ClN2O5. The number of amides is 1. The first-order chi connectivity index (χ1) is 12.9. The molecule has 1 aromatic carbocycles. The molecule has 0 spiro atoms. The molecule has 2 fully saturated rings. The van der Waals surface area contributed by atoms with Crippen molar-refractivity contribution in [1.82, 2.24) is 4.90 Å². The number of anilines is 1. The molecule has 1 aliphatic carbocycles. The van der Waals surface area contributed by atoms with Crippen molar-refractivity contribution in [3.8, 4) is 11.5 Å². The fourth-order valence-electron chi connectivity index (χ4n) is 4.34. The molecule has 1 saturated heterocycles. The van der Waals surface area contributed by atoms with Crippen LogP contribution in [-0.2, 0) is 9.59 Å². The van der Waals surface area contributed by atoms with Gasteiger partial charge in [-0.3, -0.25) is 14.5 Å². The van der Waals surface area contributed by atoms with Crippen molar-refractivity contribution in [2.45, 2.75) is 44.2 Å². The van der Waals surface area contributed by atoms with Crippen molar-refractivity contribution < 1.29 is 24.2 Å². The molecule has 3 unspecified atom stereocenters. The Morgan fingerprint density at radius 1 is 1.22 bits per heavy atom. The minimum absolute atomic E-state index is 0.0340. The van der Waals surface area contributed by atoms with Gasteiger partial charge in [-0.05, 0) is 25.2 Å². The highest BCUT2D eigenvalue weighted by molar-refractivity contribution is 6.32. The summed E-state index contributed by atoms with van der Waals surface area (Å²) in [5.41, 5.74) is 0.440. The van der Waals surface area contributed by atoms with Crippen molar-refractivity contribution in [3.63, 3.8) is 0 Å². The van der Waals surface area contributed by atoms with E-state index < -0.39 is 12.0 Å². The van der Waals surface area contributed by atoms with E-state index in [0.29, 0.717) is 34.5 Å². The van der Waals surface area contributed by atoms with Crippen LogP contribution in [0, 0.1) is 5.92 Å². The lowest BCUT2D eigenvalue weighted by atomic mass is 9.85. The predicted molar refractivity (Wildman–Crippen MR) is 102 cm³/mol. The molecule has 0 radical (unpaired) electrons. The van der Waals surface area contributed by atoms with Gasteiger partial charge >= 0.3 is 5.97 Å². The second-order valence-corrected chi connectivity index (χ2v) is 7.52. The van der Waals surface area contributed by atoms with Gasteiger partial charge in [0.15, 0.2) is 0 Å². The van der Waals surface area contributed by atoms with Crippen molar-refractivity contribution in [2.24, 2.45) is 5.92 Å². The summed E-state index contributed by atoms with van der Waals surface area (Å²) in [5.74, 6) is 0.0569. The van der Waals surface area contributed by atoms with Gasteiger partial charge in [-0.1, -0.05) is 24.4 Å². The monoisotopic (exact) mass is 396 g/mol. The van der Waals surface area contributed by atoms with Crippen LogP contribution in [0.2, 0.25) is 5.02 Å². The number of carbonyl (C=O) groups excluding carboxylic acids is 1. The third kappa shape index (κ3) is 4.14. The number of likely N-dealkylation sites (tertiary alicyclic amines) is 1. The second kappa shape index (κ2) is 8.35. The van der Waals surface area contributed by atoms with E-state index in [0.717, 1.165) is 25.7 Å². The zero-order valence-electron chi connectivity index (χ0n) is 15.5. The van der Waals surface area contributed by atoms with Gasteiger partial charge in [0.05, 0.1) is 31.5 Å². The topological polar surface area (TPSA) is 88.1 Å². The predicted octanol–water partition coefficient (Wildman–Crippen LogP) is 3.01. The van der Waals surface area contributed by atoms with E-state index in [2.05, 4.69) is 5.32 Å². The fourth-order valence-corrected chi connectivity index (χ4v) is 4.57. The Labute approximate surface area is 163 Å². The molecule has 7 nitrogen and oxygen atoms in total. The molecule has 1 aliphatic heterocycles. The number of halogens is 1. The number of carboxylic acid groups (broad SMARTS) is 1. The van der Waals surface area contributed by atoms with Crippen LogP contribution in [0.25, 0.3) is 0 Å². The molecule has 148 valence electrons. The Hall–Kier alpha value is -1.99. The van der Waals surface area contributed by atoms with Crippen LogP contribution in [0.4, 0.5) is 5.69 Å². The summed E-state index contributed by atoms with van der Waals surface area (Å²) in [4.78, 5) is 26.2. The number of methoxy groups -OCH3 is 2. The summed E-state index contributed by atoms with van der Waals surface area (Å²) in [6, 6.07) is 2.72. The van der Waals surface area contributed by atoms with Crippen LogP contribution in [-0.4, -0.2) is 54.7 Å². The Morgan fingerprint density at radius 3 is 2.59 bits per heavy atom. The van der Waals surface area contributed by atoms with E-state index in [4.69, 9.17) is 21.1 Å². The highest BCUT2D eigenvalue weighted by atomic mass is 35.5. The van der Waals surface area contributed by atoms with Crippen molar-refractivity contribution in [1.29, 1.82) is 0 Å². The maximum atomic E-state index is 12.7. The van der Waals surface area contributed by atoms with E-state index in [1.807, 2.05) is 4.90 Å². The standard InChI is InChI=1S/C19H25ClN2O5/c1-26-16-9-13(17(27-2)8-12(16)20)21-18(23)10-22-14-6-4-3-5-11(14)7-15(22)19(24)25/h8-9,11,14-15H,3-7,10H2,1-2H3,(H,21,23)(H,24,25). The van der Waals surface area contributed by atoms with E-state index >= 15 is 0 Å². The number of nitrogens with zero attached hydrogens (tertiary/aromatic N) is 1. The fraction of sp³-hybridized carbons (Fsp3) is 0.579.